The van der Waals surface area contributed by atoms with E-state index >= 15 is 0 Å². The Bertz CT molecular complexity index is 980. The van der Waals surface area contributed by atoms with Gasteiger partial charge in [-0.25, -0.2) is 0 Å². The Morgan fingerprint density at radius 3 is 2.56 bits per heavy atom. The Labute approximate surface area is 156 Å². The summed E-state index contributed by atoms with van der Waals surface area (Å²) >= 11 is 0. The lowest BCUT2D eigenvalue weighted by Crippen LogP contribution is -2.15. The summed E-state index contributed by atoms with van der Waals surface area (Å²) in [5.41, 5.74) is 13.9. The van der Waals surface area contributed by atoms with Crippen LogP contribution in [0.2, 0.25) is 0 Å². The van der Waals surface area contributed by atoms with Gasteiger partial charge < -0.3 is 16.0 Å². The minimum absolute atomic E-state index is 0.100. The summed E-state index contributed by atoms with van der Waals surface area (Å²) in [6, 6.07) is 8.46. The van der Waals surface area contributed by atoms with Crippen molar-refractivity contribution in [1.82, 2.24) is 10.1 Å². The molecule has 0 atom stereocenters. The normalized spacial score (nSPS) is 10.7. The highest BCUT2D eigenvalue weighted by Crippen LogP contribution is 2.38. The number of Topliss-reactive ketones (excluding diaryl/α,β-unsaturated/α-hetero) is 1. The maximum atomic E-state index is 12.7. The van der Waals surface area contributed by atoms with Crippen LogP contribution in [0.3, 0.4) is 0 Å². The maximum absolute atomic E-state index is 12.7. The van der Waals surface area contributed by atoms with Crippen molar-refractivity contribution in [1.29, 1.82) is 0 Å². The van der Waals surface area contributed by atoms with Crippen LogP contribution in [0, 0.1) is 0 Å². The number of carbonyl (C=O) groups is 2. The fourth-order valence-corrected chi connectivity index (χ4v) is 2.94. The summed E-state index contributed by atoms with van der Waals surface area (Å²) in [5, 5.41) is 4.11. The highest BCUT2D eigenvalue weighted by atomic mass is 16.5. The summed E-state index contributed by atoms with van der Waals surface area (Å²) < 4.78 is 5.43. The van der Waals surface area contributed by atoms with E-state index in [9.17, 15) is 9.59 Å². The van der Waals surface area contributed by atoms with Crippen LogP contribution in [0.25, 0.3) is 22.4 Å². The fourth-order valence-electron chi connectivity index (χ4n) is 2.94. The first-order chi connectivity index (χ1) is 13.0. The molecular weight excluding hydrogens is 344 g/mol. The average molecular weight is 364 g/mol. The predicted molar refractivity (Wildman–Crippen MR) is 102 cm³/mol. The van der Waals surface area contributed by atoms with E-state index in [2.05, 4.69) is 10.1 Å². The van der Waals surface area contributed by atoms with Gasteiger partial charge in [0, 0.05) is 35.6 Å². The monoisotopic (exact) mass is 364 g/mol. The van der Waals surface area contributed by atoms with E-state index in [0.29, 0.717) is 28.8 Å². The Morgan fingerprint density at radius 1 is 1.15 bits per heavy atom. The number of hydrogen-bond acceptors (Lipinski definition) is 6. The predicted octanol–water partition coefficient (Wildman–Crippen LogP) is 3.46. The van der Waals surface area contributed by atoms with E-state index in [4.69, 9.17) is 16.0 Å². The SMILES string of the molecule is CCCCC(=O)c1onc(-c2ccncc2)c1-c1cccc(N)c1C(N)=O. The number of anilines is 1. The second-order valence-corrected chi connectivity index (χ2v) is 6.13. The lowest BCUT2D eigenvalue weighted by Gasteiger charge is -2.10. The molecule has 138 valence electrons. The topological polar surface area (TPSA) is 125 Å². The molecule has 0 aliphatic rings. The zero-order valence-corrected chi connectivity index (χ0v) is 14.9. The van der Waals surface area contributed by atoms with Gasteiger partial charge in [0.05, 0.1) is 11.1 Å². The molecule has 1 amide bonds. The number of nitrogens with two attached hydrogens (primary N) is 2. The standard InChI is InChI=1S/C20H20N4O3/c1-2-3-7-15(25)19-17(13-5-4-6-14(21)16(13)20(22)26)18(24-27-19)12-8-10-23-11-9-12/h4-6,8-11H,2-3,7,21H2,1H3,(H2,22,26). The number of hydrogen-bond donors (Lipinski definition) is 2. The van der Waals surface area contributed by atoms with Crippen LogP contribution in [0.1, 0.15) is 47.1 Å². The average Bonchev–Trinajstić information content (AvgIpc) is 3.11. The number of aromatic nitrogens is 2. The van der Waals surface area contributed by atoms with Gasteiger partial charge in [0.1, 0.15) is 5.69 Å². The van der Waals surface area contributed by atoms with Crippen molar-refractivity contribution in [2.45, 2.75) is 26.2 Å². The van der Waals surface area contributed by atoms with Crippen molar-refractivity contribution in [2.75, 3.05) is 5.73 Å². The molecule has 0 bridgehead atoms. The molecule has 2 aromatic heterocycles. The molecule has 0 spiro atoms. The van der Waals surface area contributed by atoms with Gasteiger partial charge in [-0.05, 0) is 24.6 Å². The summed E-state index contributed by atoms with van der Waals surface area (Å²) in [6.45, 7) is 2.00. The molecule has 0 fully saturated rings. The minimum atomic E-state index is -0.683. The van der Waals surface area contributed by atoms with Crippen molar-refractivity contribution >= 4 is 17.4 Å². The number of benzene rings is 1. The lowest BCUT2D eigenvalue weighted by atomic mass is 9.92. The van der Waals surface area contributed by atoms with Crippen LogP contribution in [0.15, 0.2) is 47.2 Å². The van der Waals surface area contributed by atoms with Crippen LogP contribution >= 0.6 is 0 Å². The molecule has 2 heterocycles. The molecule has 0 saturated heterocycles. The number of pyridine rings is 1. The highest BCUT2D eigenvalue weighted by molar-refractivity contribution is 6.10. The van der Waals surface area contributed by atoms with E-state index < -0.39 is 5.91 Å². The first kappa shape index (κ1) is 18.3. The lowest BCUT2D eigenvalue weighted by molar-refractivity contribution is 0.0943. The van der Waals surface area contributed by atoms with Crippen molar-refractivity contribution in [2.24, 2.45) is 5.73 Å². The Balaban J connectivity index is 2.27. The third-order valence-electron chi connectivity index (χ3n) is 4.27. The van der Waals surface area contributed by atoms with Gasteiger partial charge in [0.25, 0.3) is 5.91 Å². The second kappa shape index (κ2) is 7.82. The summed E-state index contributed by atoms with van der Waals surface area (Å²) in [4.78, 5) is 28.7. The molecule has 0 saturated carbocycles. The molecule has 0 aliphatic carbocycles. The first-order valence-corrected chi connectivity index (χ1v) is 8.66. The third-order valence-corrected chi connectivity index (χ3v) is 4.27. The smallest absolute Gasteiger partial charge is 0.251 e. The van der Waals surface area contributed by atoms with Crippen molar-refractivity contribution in [3.63, 3.8) is 0 Å². The number of ketones is 1. The quantitative estimate of drug-likeness (QED) is 0.488. The van der Waals surface area contributed by atoms with E-state index in [-0.39, 0.29) is 22.8 Å². The van der Waals surface area contributed by atoms with E-state index in [1.807, 2.05) is 6.92 Å². The summed E-state index contributed by atoms with van der Waals surface area (Å²) in [6.07, 6.45) is 5.14. The van der Waals surface area contributed by atoms with Gasteiger partial charge in [0.15, 0.2) is 0 Å². The van der Waals surface area contributed by atoms with Crippen LogP contribution in [0.5, 0.6) is 0 Å². The first-order valence-electron chi connectivity index (χ1n) is 8.66. The summed E-state index contributed by atoms with van der Waals surface area (Å²) in [7, 11) is 0. The molecule has 27 heavy (non-hydrogen) atoms. The molecule has 7 nitrogen and oxygen atoms in total. The Hall–Kier alpha value is -3.48. The molecule has 3 aromatic rings. The number of amides is 1. The Kier molecular flexibility index (Phi) is 5.30. The zero-order chi connectivity index (χ0) is 19.4. The van der Waals surface area contributed by atoms with E-state index in [1.54, 1.807) is 42.7 Å². The molecule has 7 heteroatoms. The fraction of sp³-hybridized carbons (Fsp3) is 0.200. The second-order valence-electron chi connectivity index (χ2n) is 6.13. The van der Waals surface area contributed by atoms with Gasteiger partial charge in [-0.1, -0.05) is 30.6 Å². The van der Waals surface area contributed by atoms with Crippen molar-refractivity contribution in [3.8, 4) is 22.4 Å². The molecular formula is C20H20N4O3. The third kappa shape index (κ3) is 3.57. The number of nitrogens with zero attached hydrogens (tertiary/aromatic N) is 2. The van der Waals surface area contributed by atoms with Gasteiger partial charge in [-0.15, -0.1) is 0 Å². The van der Waals surface area contributed by atoms with Crippen molar-refractivity contribution < 1.29 is 14.1 Å². The number of carbonyl (C=O) groups excluding carboxylic acids is 2. The van der Waals surface area contributed by atoms with Crippen LogP contribution in [-0.4, -0.2) is 21.8 Å². The maximum Gasteiger partial charge on any atom is 0.251 e. The summed E-state index contributed by atoms with van der Waals surface area (Å²) in [5.74, 6) is -0.766. The molecule has 3 rings (SSSR count). The number of unbranched alkanes of at least 4 members (excludes halogenated alkanes) is 1. The van der Waals surface area contributed by atoms with E-state index in [1.165, 1.54) is 0 Å². The largest absolute Gasteiger partial charge is 0.398 e. The van der Waals surface area contributed by atoms with Gasteiger partial charge in [0.2, 0.25) is 11.5 Å². The van der Waals surface area contributed by atoms with Gasteiger partial charge in [-0.3, -0.25) is 14.6 Å². The van der Waals surface area contributed by atoms with Crippen LogP contribution in [-0.2, 0) is 0 Å². The zero-order valence-electron chi connectivity index (χ0n) is 14.9. The molecule has 1 aromatic carbocycles. The highest BCUT2D eigenvalue weighted by Gasteiger charge is 2.27. The van der Waals surface area contributed by atoms with Crippen LogP contribution < -0.4 is 11.5 Å². The van der Waals surface area contributed by atoms with E-state index in [0.717, 1.165) is 12.8 Å². The molecule has 0 unspecified atom stereocenters. The van der Waals surface area contributed by atoms with Crippen LogP contribution in [0.4, 0.5) is 5.69 Å². The van der Waals surface area contributed by atoms with Gasteiger partial charge >= 0.3 is 0 Å². The number of rotatable bonds is 7. The van der Waals surface area contributed by atoms with Crippen molar-refractivity contribution in [3.05, 3.63) is 54.0 Å². The van der Waals surface area contributed by atoms with Gasteiger partial charge in [-0.2, -0.15) is 0 Å². The number of nitrogen functional groups attached to an aromatic ring is 1. The molecule has 4 N–H and O–H groups in total. The minimum Gasteiger partial charge on any atom is -0.398 e. The number of primary amides is 1. The molecule has 0 radical (unpaired) electrons. The Morgan fingerprint density at radius 2 is 1.89 bits per heavy atom. The molecule has 0 aliphatic heterocycles.